The van der Waals surface area contributed by atoms with Crippen LogP contribution in [0, 0.1) is 0 Å². The molecule has 0 bridgehead atoms. The number of rotatable bonds is 7. The zero-order valence-electron chi connectivity index (χ0n) is 15.6. The number of primary amides is 1. The van der Waals surface area contributed by atoms with Gasteiger partial charge in [-0.05, 0) is 18.2 Å². The van der Waals surface area contributed by atoms with Gasteiger partial charge in [0.25, 0.3) is 11.5 Å². The molecule has 3 amide bonds. The minimum atomic E-state index is -0.812. The number of nitrogens with two attached hydrogens (primary N) is 1. The van der Waals surface area contributed by atoms with Gasteiger partial charge in [-0.15, -0.1) is 0 Å². The monoisotopic (exact) mass is 397 g/mol. The highest BCUT2D eigenvalue weighted by atomic mass is 16.3. The molecule has 0 atom stereocenters. The third kappa shape index (κ3) is 4.49. The van der Waals surface area contributed by atoms with Gasteiger partial charge in [0, 0.05) is 12.4 Å². The molecular weight excluding hydrogens is 378 g/mol. The second kappa shape index (κ2) is 8.38. The van der Waals surface area contributed by atoms with Crippen LogP contribution in [0.1, 0.15) is 16.2 Å². The Morgan fingerprint density at radius 2 is 1.90 bits per heavy atom. The molecule has 0 aliphatic rings. The van der Waals surface area contributed by atoms with Gasteiger partial charge in [0.05, 0.1) is 24.7 Å². The number of nitrogens with one attached hydrogen (secondary N) is 1. The lowest BCUT2D eigenvalue weighted by Gasteiger charge is -2.17. The lowest BCUT2D eigenvalue weighted by atomic mass is 10.1. The van der Waals surface area contributed by atoms with E-state index in [2.05, 4.69) is 10.4 Å². The minimum Gasteiger partial charge on any atom is -0.467 e. The fourth-order valence-corrected chi connectivity index (χ4v) is 2.73. The number of benzene rings is 1. The van der Waals surface area contributed by atoms with Crippen molar-refractivity contribution in [1.82, 2.24) is 20.0 Å². The number of aromatic nitrogens is 2. The molecule has 0 aliphatic carbocycles. The first-order valence-electron chi connectivity index (χ1n) is 8.69. The van der Waals surface area contributed by atoms with E-state index in [4.69, 9.17) is 10.2 Å². The van der Waals surface area contributed by atoms with Crippen LogP contribution in [0.25, 0.3) is 10.8 Å². The Bertz CT molecular complexity index is 1120. The maximum Gasteiger partial charge on any atom is 0.275 e. The largest absolute Gasteiger partial charge is 0.467 e. The number of likely N-dealkylation sites (N-methyl/N-ethyl adjacent to an activating group) is 1. The molecule has 0 unspecified atom stereocenters. The van der Waals surface area contributed by atoms with Crippen LogP contribution in [0.15, 0.2) is 51.9 Å². The molecule has 150 valence electrons. The van der Waals surface area contributed by atoms with E-state index in [9.17, 15) is 19.2 Å². The Kier molecular flexibility index (Phi) is 5.72. The lowest BCUT2D eigenvalue weighted by molar-refractivity contribution is -0.135. The smallest absolute Gasteiger partial charge is 0.275 e. The normalized spacial score (nSPS) is 10.7. The minimum absolute atomic E-state index is 0.105. The molecule has 10 heteroatoms. The van der Waals surface area contributed by atoms with Gasteiger partial charge in [-0.25, -0.2) is 4.68 Å². The van der Waals surface area contributed by atoms with Crippen LogP contribution in [0.5, 0.6) is 0 Å². The number of carbonyl (C=O) groups excluding carboxylic acids is 3. The van der Waals surface area contributed by atoms with E-state index in [1.54, 1.807) is 30.3 Å². The molecule has 0 radical (unpaired) electrons. The molecule has 2 heterocycles. The number of amides is 3. The van der Waals surface area contributed by atoms with Gasteiger partial charge in [0.15, 0.2) is 5.69 Å². The lowest BCUT2D eigenvalue weighted by Crippen LogP contribution is -2.41. The van der Waals surface area contributed by atoms with Crippen molar-refractivity contribution in [3.05, 3.63) is 64.5 Å². The molecule has 0 fully saturated rings. The van der Waals surface area contributed by atoms with Crippen LogP contribution in [0.2, 0.25) is 0 Å². The Morgan fingerprint density at radius 1 is 1.17 bits per heavy atom. The van der Waals surface area contributed by atoms with Gasteiger partial charge in [-0.2, -0.15) is 5.10 Å². The summed E-state index contributed by atoms with van der Waals surface area (Å²) in [7, 11) is 1.43. The van der Waals surface area contributed by atoms with Gasteiger partial charge >= 0.3 is 0 Å². The van der Waals surface area contributed by atoms with Crippen molar-refractivity contribution in [2.45, 2.75) is 13.1 Å². The summed E-state index contributed by atoms with van der Waals surface area (Å²) >= 11 is 0. The number of hydrogen-bond donors (Lipinski definition) is 2. The van der Waals surface area contributed by atoms with Gasteiger partial charge in [-0.3, -0.25) is 19.2 Å². The zero-order chi connectivity index (χ0) is 21.0. The van der Waals surface area contributed by atoms with Crippen LogP contribution in [-0.2, 0) is 22.7 Å². The summed E-state index contributed by atoms with van der Waals surface area (Å²) in [4.78, 5) is 49.9. The Morgan fingerprint density at radius 3 is 2.55 bits per heavy atom. The number of furan rings is 1. The maximum atomic E-state index is 12.6. The van der Waals surface area contributed by atoms with Crippen molar-refractivity contribution >= 4 is 28.5 Å². The van der Waals surface area contributed by atoms with E-state index in [0.717, 1.165) is 9.58 Å². The molecular formula is C19H19N5O5. The standard InChI is InChI=1S/C19H19N5O5/c1-23(10-15(25)21-9-12-5-4-8-29-12)16(26)11-24-19(28)14-7-3-2-6-13(14)17(22-24)18(20)27/h2-8H,9-11H2,1H3,(H2,20,27)(H,21,25). The number of fused-ring (bicyclic) bond motifs is 1. The number of carbonyl (C=O) groups is 3. The van der Waals surface area contributed by atoms with Crippen LogP contribution in [-0.4, -0.2) is 46.0 Å². The Balaban J connectivity index is 1.71. The van der Waals surface area contributed by atoms with Crippen molar-refractivity contribution < 1.29 is 18.8 Å². The molecule has 0 saturated carbocycles. The zero-order valence-corrected chi connectivity index (χ0v) is 15.6. The summed E-state index contributed by atoms with van der Waals surface area (Å²) in [5, 5.41) is 7.11. The summed E-state index contributed by atoms with van der Waals surface area (Å²) in [6.45, 7) is -0.460. The molecule has 1 aromatic carbocycles. The average molecular weight is 397 g/mol. The van der Waals surface area contributed by atoms with Crippen molar-refractivity contribution in [2.75, 3.05) is 13.6 Å². The van der Waals surface area contributed by atoms with Crippen LogP contribution in [0.4, 0.5) is 0 Å². The predicted molar refractivity (Wildman–Crippen MR) is 103 cm³/mol. The summed E-state index contributed by atoms with van der Waals surface area (Å²) in [5.74, 6) is -1.15. The fourth-order valence-electron chi connectivity index (χ4n) is 2.73. The van der Waals surface area contributed by atoms with Crippen molar-refractivity contribution in [3.8, 4) is 0 Å². The van der Waals surface area contributed by atoms with Crippen molar-refractivity contribution in [2.24, 2.45) is 5.73 Å². The van der Waals surface area contributed by atoms with Crippen molar-refractivity contribution in [3.63, 3.8) is 0 Å². The summed E-state index contributed by atoms with van der Waals surface area (Å²) in [6, 6.07) is 9.79. The molecule has 0 saturated heterocycles. The van der Waals surface area contributed by atoms with Crippen LogP contribution in [0.3, 0.4) is 0 Å². The molecule has 3 rings (SSSR count). The summed E-state index contributed by atoms with van der Waals surface area (Å²) < 4.78 is 5.99. The molecule has 0 aliphatic heterocycles. The quantitative estimate of drug-likeness (QED) is 0.569. The summed E-state index contributed by atoms with van der Waals surface area (Å²) in [6.07, 6.45) is 1.49. The van der Waals surface area contributed by atoms with E-state index in [0.29, 0.717) is 11.1 Å². The average Bonchev–Trinajstić information content (AvgIpc) is 3.22. The number of nitrogens with zero attached hydrogens (tertiary/aromatic N) is 3. The second-order valence-corrected chi connectivity index (χ2v) is 6.33. The van der Waals surface area contributed by atoms with E-state index in [-0.39, 0.29) is 24.2 Å². The van der Waals surface area contributed by atoms with E-state index in [1.807, 2.05) is 0 Å². The first-order chi connectivity index (χ1) is 13.9. The fraction of sp³-hybridized carbons (Fsp3) is 0.211. The molecule has 2 aromatic heterocycles. The molecule has 29 heavy (non-hydrogen) atoms. The van der Waals surface area contributed by atoms with Crippen molar-refractivity contribution in [1.29, 1.82) is 0 Å². The SMILES string of the molecule is CN(CC(=O)NCc1ccco1)C(=O)Cn1nc(C(N)=O)c2ccccc2c1=O. The van der Waals surface area contributed by atoms with Gasteiger partial charge in [0.1, 0.15) is 12.3 Å². The van der Waals surface area contributed by atoms with Crippen LogP contribution < -0.4 is 16.6 Å². The number of hydrogen-bond acceptors (Lipinski definition) is 6. The second-order valence-electron chi connectivity index (χ2n) is 6.33. The Labute approximate surface area is 164 Å². The van der Waals surface area contributed by atoms with Gasteiger partial charge < -0.3 is 20.4 Å². The highest BCUT2D eigenvalue weighted by Gasteiger charge is 2.18. The van der Waals surface area contributed by atoms with Gasteiger partial charge in [-0.1, -0.05) is 18.2 Å². The van der Waals surface area contributed by atoms with E-state index >= 15 is 0 Å². The predicted octanol–water partition coefficient (Wildman–Crippen LogP) is -0.137. The summed E-state index contributed by atoms with van der Waals surface area (Å²) in [5.41, 5.74) is 4.72. The van der Waals surface area contributed by atoms with Gasteiger partial charge in [0.2, 0.25) is 11.8 Å². The van der Waals surface area contributed by atoms with E-state index < -0.39 is 29.8 Å². The molecule has 3 aromatic rings. The first-order valence-corrected chi connectivity index (χ1v) is 8.69. The third-order valence-electron chi connectivity index (χ3n) is 4.23. The van der Waals surface area contributed by atoms with Crippen LogP contribution >= 0.6 is 0 Å². The third-order valence-corrected chi connectivity index (χ3v) is 4.23. The Hall–Kier alpha value is -3.95. The molecule has 3 N–H and O–H groups in total. The first kappa shape index (κ1) is 19.8. The molecule has 0 spiro atoms. The van der Waals surface area contributed by atoms with E-state index in [1.165, 1.54) is 19.4 Å². The topological polar surface area (TPSA) is 141 Å². The highest BCUT2D eigenvalue weighted by Crippen LogP contribution is 2.12. The maximum absolute atomic E-state index is 12.6. The molecule has 10 nitrogen and oxygen atoms in total. The highest BCUT2D eigenvalue weighted by molar-refractivity contribution is 6.04.